The van der Waals surface area contributed by atoms with Crippen LogP contribution in [-0.2, 0) is 6.54 Å². The van der Waals surface area contributed by atoms with Crippen molar-refractivity contribution in [3.63, 3.8) is 0 Å². The summed E-state index contributed by atoms with van der Waals surface area (Å²) in [5.41, 5.74) is 0. The maximum absolute atomic E-state index is 5.66. The van der Waals surface area contributed by atoms with E-state index in [9.17, 15) is 0 Å². The van der Waals surface area contributed by atoms with E-state index in [0.717, 1.165) is 30.0 Å². The molecule has 0 spiro atoms. The molecule has 1 aromatic rings. The zero-order chi connectivity index (χ0) is 12.4. The van der Waals surface area contributed by atoms with Gasteiger partial charge in [0, 0.05) is 6.04 Å². The minimum absolute atomic E-state index is 0.804. The van der Waals surface area contributed by atoms with Crippen LogP contribution in [0.4, 0.5) is 0 Å². The molecule has 2 aliphatic rings. The maximum atomic E-state index is 5.66. The molecule has 1 atom stereocenters. The fraction of sp³-hybridized carbons (Fsp3) is 0.733. The molecule has 0 amide bonds. The average Bonchev–Trinajstić information content (AvgIpc) is 3.02. The first kappa shape index (κ1) is 12.2. The van der Waals surface area contributed by atoms with E-state index in [-0.39, 0.29) is 0 Å². The monoisotopic (exact) mass is 248 g/mol. The van der Waals surface area contributed by atoms with E-state index in [1.165, 1.54) is 45.3 Å². The molecule has 100 valence electrons. The molecule has 1 unspecified atom stereocenters. The Hall–Kier alpha value is -0.800. The third-order valence-electron chi connectivity index (χ3n) is 4.48. The number of hydrogen-bond donors (Lipinski definition) is 1. The van der Waals surface area contributed by atoms with Crippen molar-refractivity contribution in [1.29, 1.82) is 0 Å². The fourth-order valence-electron chi connectivity index (χ4n) is 3.42. The highest BCUT2D eigenvalue weighted by atomic mass is 16.3. The number of rotatable bonds is 3. The molecule has 0 saturated carbocycles. The van der Waals surface area contributed by atoms with Crippen LogP contribution in [0.2, 0.25) is 0 Å². The van der Waals surface area contributed by atoms with E-state index >= 15 is 0 Å². The van der Waals surface area contributed by atoms with Gasteiger partial charge in [-0.3, -0.25) is 4.90 Å². The van der Waals surface area contributed by atoms with Crippen molar-refractivity contribution >= 4 is 0 Å². The Morgan fingerprint density at radius 1 is 1.28 bits per heavy atom. The van der Waals surface area contributed by atoms with Crippen molar-refractivity contribution in [2.75, 3.05) is 19.6 Å². The van der Waals surface area contributed by atoms with E-state index in [1.54, 1.807) is 0 Å². The largest absolute Gasteiger partial charge is 0.465 e. The van der Waals surface area contributed by atoms with Gasteiger partial charge < -0.3 is 9.73 Å². The van der Waals surface area contributed by atoms with Crippen molar-refractivity contribution in [1.82, 2.24) is 10.2 Å². The molecule has 0 radical (unpaired) electrons. The van der Waals surface area contributed by atoms with Gasteiger partial charge in [-0.05, 0) is 70.3 Å². The summed E-state index contributed by atoms with van der Waals surface area (Å²) in [6.45, 7) is 6.68. The number of nitrogens with one attached hydrogen (secondary N) is 1. The lowest BCUT2D eigenvalue weighted by Gasteiger charge is -2.34. The second-order valence-corrected chi connectivity index (χ2v) is 5.83. The second kappa shape index (κ2) is 5.45. The van der Waals surface area contributed by atoms with Gasteiger partial charge in [-0.1, -0.05) is 0 Å². The summed E-state index contributed by atoms with van der Waals surface area (Å²) in [7, 11) is 0. The molecule has 0 aromatic carbocycles. The quantitative estimate of drug-likeness (QED) is 0.891. The second-order valence-electron chi connectivity index (χ2n) is 5.83. The summed E-state index contributed by atoms with van der Waals surface area (Å²) < 4.78 is 5.66. The van der Waals surface area contributed by atoms with Crippen molar-refractivity contribution in [3.05, 3.63) is 23.7 Å². The summed E-state index contributed by atoms with van der Waals surface area (Å²) in [5, 5.41) is 3.66. The molecule has 2 aliphatic heterocycles. The van der Waals surface area contributed by atoms with Gasteiger partial charge in [-0.2, -0.15) is 0 Å². The van der Waals surface area contributed by atoms with Gasteiger partial charge in [-0.15, -0.1) is 0 Å². The average molecular weight is 248 g/mol. The lowest BCUT2D eigenvalue weighted by atomic mass is 9.88. The Morgan fingerprint density at radius 3 is 2.72 bits per heavy atom. The third-order valence-corrected chi connectivity index (χ3v) is 4.48. The Balaban J connectivity index is 1.47. The van der Waals surface area contributed by atoms with Crippen LogP contribution in [0.25, 0.3) is 0 Å². The van der Waals surface area contributed by atoms with Gasteiger partial charge in [-0.25, -0.2) is 0 Å². The van der Waals surface area contributed by atoms with Crippen molar-refractivity contribution in [3.8, 4) is 0 Å². The van der Waals surface area contributed by atoms with Crippen LogP contribution in [0, 0.1) is 12.8 Å². The van der Waals surface area contributed by atoms with Crippen LogP contribution in [0.15, 0.2) is 16.5 Å². The molecule has 1 aromatic heterocycles. The highest BCUT2D eigenvalue weighted by molar-refractivity contribution is 5.05. The summed E-state index contributed by atoms with van der Waals surface area (Å²) >= 11 is 0. The summed E-state index contributed by atoms with van der Waals surface area (Å²) in [6.07, 6.45) is 5.45. The molecular formula is C15H24N2O. The smallest absolute Gasteiger partial charge is 0.118 e. The Labute approximate surface area is 110 Å². The highest BCUT2D eigenvalue weighted by Gasteiger charge is 2.28. The van der Waals surface area contributed by atoms with Crippen LogP contribution in [0.5, 0.6) is 0 Å². The standard InChI is InChI=1S/C15H24N2O/c1-12-4-5-14(18-12)11-17-9-6-13(7-10-17)15-3-2-8-16-15/h4-5,13,15-16H,2-3,6-11H2,1H3. The van der Waals surface area contributed by atoms with Gasteiger partial charge in [0.15, 0.2) is 0 Å². The number of likely N-dealkylation sites (tertiary alicyclic amines) is 1. The van der Waals surface area contributed by atoms with Crippen molar-refractivity contribution in [2.24, 2.45) is 5.92 Å². The van der Waals surface area contributed by atoms with E-state index in [2.05, 4.69) is 22.3 Å². The van der Waals surface area contributed by atoms with Gasteiger partial charge in [0.2, 0.25) is 0 Å². The van der Waals surface area contributed by atoms with Crippen molar-refractivity contribution in [2.45, 2.75) is 45.2 Å². The van der Waals surface area contributed by atoms with E-state index in [4.69, 9.17) is 4.42 Å². The molecule has 3 nitrogen and oxygen atoms in total. The van der Waals surface area contributed by atoms with Gasteiger partial charge >= 0.3 is 0 Å². The van der Waals surface area contributed by atoms with Crippen molar-refractivity contribution < 1.29 is 4.42 Å². The predicted molar refractivity (Wildman–Crippen MR) is 72.5 cm³/mol. The first-order chi connectivity index (χ1) is 8.81. The minimum atomic E-state index is 0.804. The lowest BCUT2D eigenvalue weighted by Crippen LogP contribution is -2.40. The molecule has 2 fully saturated rings. The van der Waals surface area contributed by atoms with E-state index in [1.807, 2.05) is 6.92 Å². The number of nitrogens with zero attached hydrogens (tertiary/aromatic N) is 1. The van der Waals surface area contributed by atoms with Crippen LogP contribution in [0.1, 0.15) is 37.2 Å². The fourth-order valence-corrected chi connectivity index (χ4v) is 3.42. The van der Waals surface area contributed by atoms with Crippen LogP contribution >= 0.6 is 0 Å². The lowest BCUT2D eigenvalue weighted by molar-refractivity contribution is 0.148. The third kappa shape index (κ3) is 2.78. The number of aryl methyl sites for hydroxylation is 1. The van der Waals surface area contributed by atoms with E-state index < -0.39 is 0 Å². The molecule has 18 heavy (non-hydrogen) atoms. The van der Waals surface area contributed by atoms with Crippen LogP contribution in [-0.4, -0.2) is 30.6 Å². The SMILES string of the molecule is Cc1ccc(CN2CCC(C3CCCN3)CC2)o1. The Kier molecular flexibility index (Phi) is 3.71. The first-order valence-electron chi connectivity index (χ1n) is 7.32. The zero-order valence-electron chi connectivity index (χ0n) is 11.3. The maximum Gasteiger partial charge on any atom is 0.118 e. The molecule has 3 heterocycles. The molecule has 3 rings (SSSR count). The number of furan rings is 1. The van der Waals surface area contributed by atoms with Gasteiger partial charge in [0.05, 0.1) is 6.54 Å². The molecule has 3 heteroatoms. The highest BCUT2D eigenvalue weighted by Crippen LogP contribution is 2.26. The summed E-state index contributed by atoms with van der Waals surface area (Å²) in [6, 6.07) is 4.97. The number of hydrogen-bond acceptors (Lipinski definition) is 3. The van der Waals surface area contributed by atoms with E-state index in [0.29, 0.717) is 0 Å². The number of piperidine rings is 1. The molecule has 0 aliphatic carbocycles. The Morgan fingerprint density at radius 2 is 2.11 bits per heavy atom. The molecule has 2 saturated heterocycles. The minimum Gasteiger partial charge on any atom is -0.465 e. The van der Waals surface area contributed by atoms with Gasteiger partial charge in [0.1, 0.15) is 11.5 Å². The molecular weight excluding hydrogens is 224 g/mol. The topological polar surface area (TPSA) is 28.4 Å². The van der Waals surface area contributed by atoms with Gasteiger partial charge in [0.25, 0.3) is 0 Å². The summed E-state index contributed by atoms with van der Waals surface area (Å²) in [5.74, 6) is 3.04. The zero-order valence-corrected chi connectivity index (χ0v) is 11.3. The summed E-state index contributed by atoms with van der Waals surface area (Å²) in [4.78, 5) is 2.53. The van der Waals surface area contributed by atoms with Crippen LogP contribution < -0.4 is 5.32 Å². The normalized spacial score (nSPS) is 26.8. The van der Waals surface area contributed by atoms with Crippen LogP contribution in [0.3, 0.4) is 0 Å². The first-order valence-corrected chi connectivity index (χ1v) is 7.32. The predicted octanol–water partition coefficient (Wildman–Crippen LogP) is 2.55. The molecule has 1 N–H and O–H groups in total. The molecule has 0 bridgehead atoms. The Bertz CT molecular complexity index is 374.